The van der Waals surface area contributed by atoms with Crippen LogP contribution in [0.2, 0.25) is 0 Å². The van der Waals surface area contributed by atoms with Crippen LogP contribution in [-0.4, -0.2) is 41.5 Å². The maximum absolute atomic E-state index is 13.8. The Balaban J connectivity index is 2.38. The van der Waals surface area contributed by atoms with Crippen LogP contribution in [-0.2, 0) is 16.1 Å². The number of nitrogens with zero attached hydrogens (tertiary/aromatic N) is 2. The fourth-order valence-corrected chi connectivity index (χ4v) is 3.52. The highest BCUT2D eigenvalue weighted by molar-refractivity contribution is 8.00. The first-order chi connectivity index (χ1) is 13.8. The van der Waals surface area contributed by atoms with Crippen LogP contribution in [0.3, 0.4) is 0 Å². The number of carbonyl (C=O) groups is 1. The molecule has 0 atom stereocenters. The van der Waals surface area contributed by atoms with Gasteiger partial charge in [0.1, 0.15) is 11.6 Å². The number of anilines is 2. The Morgan fingerprint density at radius 3 is 2.66 bits per heavy atom. The van der Waals surface area contributed by atoms with Crippen LogP contribution in [0, 0.1) is 11.7 Å². The van der Waals surface area contributed by atoms with Crippen LogP contribution in [0.4, 0.5) is 15.9 Å². The van der Waals surface area contributed by atoms with E-state index in [2.05, 4.69) is 4.98 Å². The van der Waals surface area contributed by atoms with Crippen molar-refractivity contribution in [1.82, 2.24) is 9.55 Å². The zero-order chi connectivity index (χ0) is 21.6. The lowest BCUT2D eigenvalue weighted by atomic mass is 10.2. The van der Waals surface area contributed by atoms with Gasteiger partial charge in [0, 0.05) is 25.1 Å². The molecule has 0 radical (unpaired) electrons. The number of hydrogen-bond acceptors (Lipinski definition) is 6. The third kappa shape index (κ3) is 5.70. The molecule has 0 saturated heterocycles. The summed E-state index contributed by atoms with van der Waals surface area (Å²) in [6, 6.07) is 6.10. The monoisotopic (exact) mass is 424 g/mol. The molecule has 0 unspecified atom stereocenters. The lowest BCUT2D eigenvalue weighted by Crippen LogP contribution is -2.43. The second kappa shape index (κ2) is 10.3. The fourth-order valence-electron chi connectivity index (χ4n) is 2.71. The predicted molar refractivity (Wildman–Crippen MR) is 112 cm³/mol. The quantitative estimate of drug-likeness (QED) is 0.593. The largest absolute Gasteiger partial charge is 0.383 e. The van der Waals surface area contributed by atoms with E-state index >= 15 is 0 Å². The second-order valence-electron chi connectivity index (χ2n) is 6.75. The number of nitrogens with one attached hydrogen (secondary N) is 1. The number of H-pyrrole nitrogens is 1. The number of methoxy groups -OCH3 is 1. The average Bonchev–Trinajstić information content (AvgIpc) is 2.66. The summed E-state index contributed by atoms with van der Waals surface area (Å²) >= 11 is 1.01. The number of benzene rings is 1. The Bertz CT molecular complexity index is 973. The van der Waals surface area contributed by atoms with Gasteiger partial charge < -0.3 is 15.4 Å². The van der Waals surface area contributed by atoms with Gasteiger partial charge in [-0.3, -0.25) is 19.1 Å². The molecule has 2 aromatic rings. The summed E-state index contributed by atoms with van der Waals surface area (Å²) in [4.78, 5) is 41.3. The van der Waals surface area contributed by atoms with Gasteiger partial charge in [0.2, 0.25) is 5.91 Å². The van der Waals surface area contributed by atoms with E-state index in [1.807, 2.05) is 13.8 Å². The average molecular weight is 424 g/mol. The molecule has 0 fully saturated rings. The summed E-state index contributed by atoms with van der Waals surface area (Å²) in [5.41, 5.74) is 4.62. The summed E-state index contributed by atoms with van der Waals surface area (Å²) in [6.45, 7) is 4.29. The van der Waals surface area contributed by atoms with E-state index in [0.29, 0.717) is 4.90 Å². The van der Waals surface area contributed by atoms with Crippen molar-refractivity contribution in [3.63, 3.8) is 0 Å². The van der Waals surface area contributed by atoms with Gasteiger partial charge in [-0.15, -0.1) is 11.8 Å². The standard InChI is InChI=1S/C19H25FN4O4S/c1-12(2)10-24-17(21)16(18(26)22-19(24)27)23(8-9-28-3)15(25)11-29-14-7-5-4-6-13(14)20/h4-7,12H,8-11,21H2,1-3H3,(H,22,26,27). The molecule has 0 aliphatic carbocycles. The predicted octanol–water partition coefficient (Wildman–Crippen LogP) is 1.69. The number of ether oxygens (including phenoxy) is 1. The maximum Gasteiger partial charge on any atom is 0.330 e. The molecule has 1 aromatic heterocycles. The van der Waals surface area contributed by atoms with Gasteiger partial charge in [0.05, 0.1) is 12.4 Å². The molecule has 0 saturated carbocycles. The molecule has 1 amide bonds. The Morgan fingerprint density at radius 2 is 2.03 bits per heavy atom. The van der Waals surface area contributed by atoms with Crippen molar-refractivity contribution in [1.29, 1.82) is 0 Å². The van der Waals surface area contributed by atoms with Crippen LogP contribution in [0.15, 0.2) is 38.8 Å². The van der Waals surface area contributed by atoms with E-state index in [0.717, 1.165) is 11.8 Å². The number of aromatic amines is 1. The molecule has 1 heterocycles. The number of aromatic nitrogens is 2. The lowest BCUT2D eigenvalue weighted by molar-refractivity contribution is -0.116. The molecule has 0 aliphatic heterocycles. The number of amides is 1. The number of nitrogen functional groups attached to an aromatic ring is 1. The Hall–Kier alpha value is -2.59. The summed E-state index contributed by atoms with van der Waals surface area (Å²) < 4.78 is 20.1. The molecule has 3 N–H and O–H groups in total. The molecular weight excluding hydrogens is 399 g/mol. The molecule has 0 spiro atoms. The SMILES string of the molecule is COCCN(C(=O)CSc1ccccc1F)c1c(N)n(CC(C)C)c(=O)[nH]c1=O. The first-order valence-electron chi connectivity index (χ1n) is 9.05. The van der Waals surface area contributed by atoms with Gasteiger partial charge in [0.15, 0.2) is 5.69 Å². The number of thioether (sulfide) groups is 1. The molecule has 0 bridgehead atoms. The van der Waals surface area contributed by atoms with Gasteiger partial charge in [-0.05, 0) is 18.1 Å². The van der Waals surface area contributed by atoms with Crippen LogP contribution >= 0.6 is 11.8 Å². The molecule has 10 heteroatoms. The van der Waals surface area contributed by atoms with E-state index in [1.54, 1.807) is 18.2 Å². The van der Waals surface area contributed by atoms with Gasteiger partial charge in [-0.25, -0.2) is 9.18 Å². The third-order valence-electron chi connectivity index (χ3n) is 4.04. The lowest BCUT2D eigenvalue weighted by Gasteiger charge is -2.24. The number of nitrogens with two attached hydrogens (primary N) is 1. The summed E-state index contributed by atoms with van der Waals surface area (Å²) in [5, 5.41) is 0. The van der Waals surface area contributed by atoms with Gasteiger partial charge in [0.25, 0.3) is 5.56 Å². The van der Waals surface area contributed by atoms with Crippen LogP contribution in [0.1, 0.15) is 13.8 Å². The number of rotatable bonds is 9. The minimum absolute atomic E-state index is 0.0559. The van der Waals surface area contributed by atoms with Crippen LogP contribution in [0.25, 0.3) is 0 Å². The third-order valence-corrected chi connectivity index (χ3v) is 5.07. The summed E-state index contributed by atoms with van der Waals surface area (Å²) in [6.07, 6.45) is 0. The number of halogens is 1. The zero-order valence-electron chi connectivity index (χ0n) is 16.6. The molecule has 8 nitrogen and oxygen atoms in total. The van der Waals surface area contributed by atoms with Gasteiger partial charge in [-0.1, -0.05) is 26.0 Å². The van der Waals surface area contributed by atoms with Crippen molar-refractivity contribution in [2.75, 3.05) is 36.6 Å². The van der Waals surface area contributed by atoms with E-state index in [4.69, 9.17) is 10.5 Å². The minimum atomic E-state index is -0.757. The van der Waals surface area contributed by atoms with Crippen molar-refractivity contribution < 1.29 is 13.9 Å². The normalized spacial score (nSPS) is 11.1. The summed E-state index contributed by atoms with van der Waals surface area (Å²) in [5.74, 6) is -1.01. The molecule has 2 rings (SSSR count). The highest BCUT2D eigenvalue weighted by Crippen LogP contribution is 2.24. The maximum atomic E-state index is 13.8. The van der Waals surface area contributed by atoms with Gasteiger partial charge >= 0.3 is 5.69 Å². The summed E-state index contributed by atoms with van der Waals surface area (Å²) in [7, 11) is 1.46. The second-order valence-corrected chi connectivity index (χ2v) is 7.77. The van der Waals surface area contributed by atoms with Crippen molar-refractivity contribution in [3.8, 4) is 0 Å². The van der Waals surface area contributed by atoms with Crippen molar-refractivity contribution in [2.24, 2.45) is 5.92 Å². The Morgan fingerprint density at radius 1 is 1.34 bits per heavy atom. The Kier molecular flexibility index (Phi) is 8.03. The van der Waals surface area contributed by atoms with Crippen molar-refractivity contribution in [3.05, 3.63) is 50.9 Å². The van der Waals surface area contributed by atoms with E-state index in [-0.39, 0.29) is 42.9 Å². The van der Waals surface area contributed by atoms with E-state index in [9.17, 15) is 18.8 Å². The first-order valence-corrected chi connectivity index (χ1v) is 10.0. The topological polar surface area (TPSA) is 110 Å². The van der Waals surface area contributed by atoms with Crippen LogP contribution in [0.5, 0.6) is 0 Å². The highest BCUT2D eigenvalue weighted by Gasteiger charge is 2.24. The van der Waals surface area contributed by atoms with E-state index < -0.39 is 23.0 Å². The first kappa shape index (κ1) is 22.7. The molecule has 29 heavy (non-hydrogen) atoms. The van der Waals surface area contributed by atoms with E-state index in [1.165, 1.54) is 22.6 Å². The number of carbonyl (C=O) groups excluding carboxylic acids is 1. The highest BCUT2D eigenvalue weighted by atomic mass is 32.2. The molecule has 1 aromatic carbocycles. The molecular formula is C19H25FN4O4S. The zero-order valence-corrected chi connectivity index (χ0v) is 17.4. The van der Waals surface area contributed by atoms with Crippen molar-refractivity contribution >= 4 is 29.2 Å². The Labute approximate surface area is 171 Å². The molecule has 0 aliphatic rings. The smallest absolute Gasteiger partial charge is 0.330 e. The fraction of sp³-hybridized carbons (Fsp3) is 0.421. The molecule has 158 valence electrons. The van der Waals surface area contributed by atoms with Crippen molar-refractivity contribution in [2.45, 2.75) is 25.3 Å². The van der Waals surface area contributed by atoms with Gasteiger partial charge in [-0.2, -0.15) is 0 Å². The minimum Gasteiger partial charge on any atom is -0.383 e. The van der Waals surface area contributed by atoms with Crippen LogP contribution < -0.4 is 21.9 Å². The number of hydrogen-bond donors (Lipinski definition) is 2.